The molecule has 0 fully saturated rings. The molecule has 0 atom stereocenters. The summed E-state index contributed by atoms with van der Waals surface area (Å²) in [6.07, 6.45) is 5.17. The number of anilines is 2. The molecule has 162 valence electrons. The summed E-state index contributed by atoms with van der Waals surface area (Å²) in [6, 6.07) is 8.76. The molecule has 0 saturated carbocycles. The van der Waals surface area contributed by atoms with Crippen molar-refractivity contribution in [3.05, 3.63) is 57.4 Å². The fourth-order valence-electron chi connectivity index (χ4n) is 2.83. The minimum Gasteiger partial charge on any atom is -0.465 e. The van der Waals surface area contributed by atoms with Crippen LogP contribution in [0.1, 0.15) is 43.6 Å². The van der Waals surface area contributed by atoms with Gasteiger partial charge in [0.15, 0.2) is 5.82 Å². The zero-order valence-electron chi connectivity index (χ0n) is 17.4. The van der Waals surface area contributed by atoms with Gasteiger partial charge in [0.1, 0.15) is 6.54 Å². The molecule has 0 spiro atoms. The molecule has 0 amide bonds. The molecule has 10 nitrogen and oxygen atoms in total. The van der Waals surface area contributed by atoms with Crippen LogP contribution in [0.4, 0.5) is 17.3 Å². The molecule has 2 N–H and O–H groups in total. The lowest BCUT2D eigenvalue weighted by molar-refractivity contribution is -0.383. The van der Waals surface area contributed by atoms with Crippen molar-refractivity contribution in [1.82, 2.24) is 9.97 Å². The van der Waals surface area contributed by atoms with Crippen LogP contribution in [-0.2, 0) is 16.1 Å². The Labute approximate surface area is 180 Å². The number of hydrogen-bond acceptors (Lipinski definition) is 9. The Morgan fingerprint density at radius 2 is 2.16 bits per heavy atom. The number of nitrogen functional groups attached to an aromatic ring is 1. The van der Waals surface area contributed by atoms with E-state index in [0.29, 0.717) is 11.1 Å². The van der Waals surface area contributed by atoms with Gasteiger partial charge in [-0.05, 0) is 37.1 Å². The number of nitro groups is 1. The van der Waals surface area contributed by atoms with Crippen molar-refractivity contribution in [3.63, 3.8) is 0 Å². The number of carbonyl (C=O) groups excluding carboxylic acids is 1. The number of hydrogen-bond donors (Lipinski definition) is 1. The predicted molar refractivity (Wildman–Crippen MR) is 116 cm³/mol. The van der Waals surface area contributed by atoms with Gasteiger partial charge >= 0.3 is 11.7 Å². The van der Waals surface area contributed by atoms with Crippen molar-refractivity contribution in [2.75, 3.05) is 23.8 Å². The second-order valence-electron chi connectivity index (χ2n) is 6.56. The number of nitrogens with two attached hydrogens (primary N) is 1. The van der Waals surface area contributed by atoms with E-state index >= 15 is 0 Å². The number of nitriles is 1. The SMILES string of the molecule is CCC/C=C/c1nc(N)c([N+](=O)[O-])c(N(CC(=O)OCC)Cc2cccc(C#N)c2)n1. The van der Waals surface area contributed by atoms with Crippen LogP contribution < -0.4 is 10.6 Å². The van der Waals surface area contributed by atoms with E-state index in [9.17, 15) is 14.9 Å². The number of carbonyl (C=O) groups is 1. The van der Waals surface area contributed by atoms with E-state index in [-0.39, 0.29) is 37.2 Å². The first-order chi connectivity index (χ1) is 14.9. The van der Waals surface area contributed by atoms with Crippen LogP contribution >= 0.6 is 0 Å². The number of unbranched alkanes of at least 4 members (excludes halogenated alkanes) is 1. The highest BCUT2D eigenvalue weighted by Crippen LogP contribution is 2.32. The number of benzene rings is 1. The summed E-state index contributed by atoms with van der Waals surface area (Å²) in [4.78, 5) is 33.0. The molecule has 0 bridgehead atoms. The number of ether oxygens (including phenoxy) is 1. The van der Waals surface area contributed by atoms with Crippen molar-refractivity contribution in [2.45, 2.75) is 33.2 Å². The van der Waals surface area contributed by atoms with Crippen LogP contribution in [0.3, 0.4) is 0 Å². The minimum atomic E-state index is -0.673. The minimum absolute atomic E-state index is 0.0732. The van der Waals surface area contributed by atoms with Crippen LogP contribution in [0.2, 0.25) is 0 Å². The van der Waals surface area contributed by atoms with Gasteiger partial charge in [0.25, 0.3) is 0 Å². The molecule has 0 saturated heterocycles. The fraction of sp³-hybridized carbons (Fsp3) is 0.333. The van der Waals surface area contributed by atoms with Crippen molar-refractivity contribution in [1.29, 1.82) is 5.26 Å². The lowest BCUT2D eigenvalue weighted by Crippen LogP contribution is -2.32. The van der Waals surface area contributed by atoms with Crippen LogP contribution in [0.15, 0.2) is 30.3 Å². The van der Waals surface area contributed by atoms with Crippen LogP contribution in [-0.4, -0.2) is 34.0 Å². The Kier molecular flexibility index (Phi) is 8.45. The normalized spacial score (nSPS) is 10.6. The van der Waals surface area contributed by atoms with E-state index in [0.717, 1.165) is 12.8 Å². The van der Waals surface area contributed by atoms with Gasteiger partial charge in [0.2, 0.25) is 11.6 Å². The second-order valence-corrected chi connectivity index (χ2v) is 6.56. The molecule has 2 rings (SSSR count). The molecule has 31 heavy (non-hydrogen) atoms. The first-order valence-corrected chi connectivity index (χ1v) is 9.77. The van der Waals surface area contributed by atoms with Gasteiger partial charge in [-0.15, -0.1) is 0 Å². The predicted octanol–water partition coefficient (Wildman–Crippen LogP) is 3.22. The molecule has 2 aromatic rings. The van der Waals surface area contributed by atoms with Crippen LogP contribution in [0.25, 0.3) is 6.08 Å². The Balaban J connectivity index is 2.56. The highest BCUT2D eigenvalue weighted by atomic mass is 16.6. The van der Waals surface area contributed by atoms with Gasteiger partial charge in [0, 0.05) is 6.54 Å². The van der Waals surface area contributed by atoms with Gasteiger partial charge in [-0.1, -0.05) is 31.6 Å². The Morgan fingerprint density at radius 3 is 2.81 bits per heavy atom. The quantitative estimate of drug-likeness (QED) is 0.344. The highest BCUT2D eigenvalue weighted by molar-refractivity contribution is 5.79. The summed E-state index contributed by atoms with van der Waals surface area (Å²) < 4.78 is 5.03. The molecule has 1 aromatic heterocycles. The molecular weight excluding hydrogens is 400 g/mol. The summed E-state index contributed by atoms with van der Waals surface area (Å²) in [7, 11) is 0. The molecule has 0 radical (unpaired) electrons. The van der Waals surface area contributed by atoms with E-state index in [1.807, 2.05) is 19.1 Å². The average Bonchev–Trinajstić information content (AvgIpc) is 2.73. The smallest absolute Gasteiger partial charge is 0.353 e. The number of nitrogens with zero attached hydrogens (tertiary/aromatic N) is 5. The molecule has 10 heteroatoms. The van der Waals surface area contributed by atoms with Gasteiger partial charge in [-0.25, -0.2) is 9.97 Å². The summed E-state index contributed by atoms with van der Waals surface area (Å²) in [5, 5.41) is 20.9. The van der Waals surface area contributed by atoms with E-state index < -0.39 is 16.6 Å². The van der Waals surface area contributed by atoms with E-state index in [1.54, 1.807) is 37.3 Å². The van der Waals surface area contributed by atoms with Gasteiger partial charge in [-0.3, -0.25) is 14.9 Å². The summed E-state index contributed by atoms with van der Waals surface area (Å²) >= 11 is 0. The Bertz CT molecular complexity index is 1020. The summed E-state index contributed by atoms with van der Waals surface area (Å²) in [5.41, 5.74) is 6.48. The average molecular weight is 424 g/mol. The van der Waals surface area contributed by atoms with E-state index in [2.05, 4.69) is 9.97 Å². The standard InChI is InChI=1S/C21H24N6O4/c1-3-5-6-10-17-24-20(23)19(27(29)30)21(25-17)26(14-18(28)31-4-2)13-16-9-7-8-15(11-16)12-22/h6-11H,3-5,13-14H2,1-2H3,(H2,23,24,25)/b10-6+. The van der Waals surface area contributed by atoms with Crippen molar-refractivity contribution in [3.8, 4) is 6.07 Å². The summed E-state index contributed by atoms with van der Waals surface area (Å²) in [5.74, 6) is -0.769. The molecule has 0 aliphatic carbocycles. The molecule has 1 aromatic carbocycles. The maximum atomic E-state index is 12.2. The first-order valence-electron chi connectivity index (χ1n) is 9.77. The third-order valence-corrected chi connectivity index (χ3v) is 4.17. The lowest BCUT2D eigenvalue weighted by atomic mass is 10.1. The van der Waals surface area contributed by atoms with E-state index in [1.165, 1.54) is 4.90 Å². The Morgan fingerprint density at radius 1 is 1.39 bits per heavy atom. The molecule has 1 heterocycles. The zero-order valence-corrected chi connectivity index (χ0v) is 17.4. The maximum absolute atomic E-state index is 12.2. The van der Waals surface area contributed by atoms with Gasteiger partial charge in [-0.2, -0.15) is 5.26 Å². The van der Waals surface area contributed by atoms with Gasteiger partial charge in [0.05, 0.1) is 23.2 Å². The highest BCUT2D eigenvalue weighted by Gasteiger charge is 2.28. The molecule has 0 aliphatic heterocycles. The van der Waals surface area contributed by atoms with E-state index in [4.69, 9.17) is 15.7 Å². The number of esters is 1. The lowest BCUT2D eigenvalue weighted by Gasteiger charge is -2.23. The summed E-state index contributed by atoms with van der Waals surface area (Å²) in [6.45, 7) is 3.62. The molecular formula is C21H24N6O4. The third kappa shape index (κ3) is 6.50. The maximum Gasteiger partial charge on any atom is 0.353 e. The van der Waals surface area contributed by atoms with Crippen molar-refractivity contribution in [2.24, 2.45) is 0 Å². The third-order valence-electron chi connectivity index (χ3n) is 4.17. The second kappa shape index (κ2) is 11.3. The fourth-order valence-corrected chi connectivity index (χ4v) is 2.83. The Hall–Kier alpha value is -4.00. The number of aromatic nitrogens is 2. The first kappa shape index (κ1) is 23.3. The van der Waals surface area contributed by atoms with Crippen molar-refractivity contribution >= 4 is 29.4 Å². The largest absolute Gasteiger partial charge is 0.465 e. The van der Waals surface area contributed by atoms with Crippen LogP contribution in [0.5, 0.6) is 0 Å². The number of allylic oxidation sites excluding steroid dienone is 1. The molecule has 0 unspecified atom stereocenters. The topological polar surface area (TPSA) is 148 Å². The zero-order chi connectivity index (χ0) is 22.8. The van der Waals surface area contributed by atoms with Crippen LogP contribution in [0, 0.1) is 21.4 Å². The number of rotatable bonds is 10. The van der Waals surface area contributed by atoms with Gasteiger partial charge < -0.3 is 15.4 Å². The van der Waals surface area contributed by atoms with Crippen molar-refractivity contribution < 1.29 is 14.5 Å². The monoisotopic (exact) mass is 424 g/mol. The molecule has 0 aliphatic rings.